The average molecular weight is 490 g/mol. The highest BCUT2D eigenvalue weighted by atomic mass is 35.5. The summed E-state index contributed by atoms with van der Waals surface area (Å²) in [6, 6.07) is 21.2. The number of aryl methyl sites for hydroxylation is 1. The number of fused-ring (bicyclic) bond motifs is 1. The summed E-state index contributed by atoms with van der Waals surface area (Å²) in [7, 11) is 0. The molecule has 3 N–H and O–H groups in total. The largest absolute Gasteiger partial charge is 0.329 e. The number of amides is 1. The van der Waals surface area contributed by atoms with E-state index in [9.17, 15) is 9.59 Å². The quantitative estimate of drug-likeness (QED) is 0.371. The summed E-state index contributed by atoms with van der Waals surface area (Å²) in [6.07, 6.45) is 0.520. The highest BCUT2D eigenvalue weighted by molar-refractivity contribution is 6.31. The van der Waals surface area contributed by atoms with Gasteiger partial charge in [-0.15, -0.1) is 0 Å². The van der Waals surface area contributed by atoms with Crippen molar-refractivity contribution < 1.29 is 4.79 Å². The van der Waals surface area contributed by atoms with E-state index in [-0.39, 0.29) is 18.0 Å². The number of nitrogens with one attached hydrogen (secondary N) is 1. The molecule has 0 aliphatic carbocycles. The zero-order valence-electron chi connectivity index (χ0n) is 19.7. The molecule has 0 fully saturated rings. The van der Waals surface area contributed by atoms with Gasteiger partial charge < -0.3 is 10.6 Å². The summed E-state index contributed by atoms with van der Waals surface area (Å²) in [4.78, 5) is 33.8. The van der Waals surface area contributed by atoms with Gasteiger partial charge in [-0.2, -0.15) is 0 Å². The summed E-state index contributed by atoms with van der Waals surface area (Å²) in [5.74, 6) is 0.235. The number of halogens is 1. The molecule has 0 spiro atoms. The molecule has 0 saturated heterocycles. The summed E-state index contributed by atoms with van der Waals surface area (Å²) in [5, 5.41) is 0.901. The number of benzene rings is 3. The first-order valence-corrected chi connectivity index (χ1v) is 11.9. The van der Waals surface area contributed by atoms with Crippen LogP contribution in [-0.4, -0.2) is 33.6 Å². The summed E-state index contributed by atoms with van der Waals surface area (Å²) >= 11 is 6.22. The lowest BCUT2D eigenvalue weighted by Crippen LogP contribution is -2.42. The van der Waals surface area contributed by atoms with Crippen LogP contribution in [0.15, 0.2) is 77.6 Å². The maximum absolute atomic E-state index is 13.6. The molecule has 0 saturated carbocycles. The SMILES string of the molecule is CCC(c1nc2cc(Cl)ccc2c(=O)n1Nc1ccccc1)N(CCN)C(=O)c1ccc(C)cc1. The molecule has 1 heterocycles. The van der Waals surface area contributed by atoms with Gasteiger partial charge in [0.2, 0.25) is 0 Å². The van der Waals surface area contributed by atoms with Crippen molar-refractivity contribution >= 4 is 34.1 Å². The first-order valence-electron chi connectivity index (χ1n) is 11.5. The fourth-order valence-corrected chi connectivity index (χ4v) is 4.26. The Morgan fingerprint density at radius 3 is 2.49 bits per heavy atom. The van der Waals surface area contributed by atoms with Gasteiger partial charge in [0.25, 0.3) is 11.5 Å². The van der Waals surface area contributed by atoms with Gasteiger partial charge in [0.1, 0.15) is 0 Å². The van der Waals surface area contributed by atoms with E-state index in [0.717, 1.165) is 11.3 Å². The topological polar surface area (TPSA) is 93.2 Å². The molecular formula is C27H28ClN5O2. The van der Waals surface area contributed by atoms with Crippen LogP contribution in [-0.2, 0) is 0 Å². The number of anilines is 1. The Balaban J connectivity index is 1.89. The van der Waals surface area contributed by atoms with Crippen molar-refractivity contribution in [2.24, 2.45) is 5.73 Å². The standard InChI is InChI=1S/C27H28ClN5O2/c1-3-24(32(16-15-29)26(34)19-11-9-18(2)10-12-19)25-30-23-17-20(28)13-14-22(23)27(35)33(25)31-21-7-5-4-6-8-21/h4-14,17,24,31H,3,15-16,29H2,1-2H3. The minimum Gasteiger partial charge on any atom is -0.329 e. The molecule has 4 rings (SSSR count). The molecule has 180 valence electrons. The van der Waals surface area contributed by atoms with E-state index in [0.29, 0.717) is 40.3 Å². The lowest BCUT2D eigenvalue weighted by atomic mass is 10.1. The smallest absolute Gasteiger partial charge is 0.280 e. The van der Waals surface area contributed by atoms with E-state index in [1.165, 1.54) is 4.68 Å². The van der Waals surface area contributed by atoms with E-state index < -0.39 is 6.04 Å². The Bertz CT molecular complexity index is 1390. The lowest BCUT2D eigenvalue weighted by molar-refractivity contribution is 0.0665. The monoisotopic (exact) mass is 489 g/mol. The third-order valence-electron chi connectivity index (χ3n) is 5.86. The number of hydrogen-bond donors (Lipinski definition) is 2. The minimum atomic E-state index is -0.514. The van der Waals surface area contributed by atoms with Gasteiger partial charge in [-0.3, -0.25) is 15.0 Å². The zero-order valence-corrected chi connectivity index (χ0v) is 20.5. The molecule has 0 radical (unpaired) electrons. The van der Waals surface area contributed by atoms with Crippen LogP contribution in [0.3, 0.4) is 0 Å². The van der Waals surface area contributed by atoms with Crippen LogP contribution in [0, 0.1) is 6.92 Å². The summed E-state index contributed by atoms with van der Waals surface area (Å²) in [5.41, 5.74) is 11.6. The molecule has 0 bridgehead atoms. The summed E-state index contributed by atoms with van der Waals surface area (Å²) in [6.45, 7) is 4.50. The van der Waals surface area contributed by atoms with Crippen molar-refractivity contribution in [1.29, 1.82) is 0 Å². The van der Waals surface area contributed by atoms with Gasteiger partial charge in [-0.1, -0.05) is 54.4 Å². The number of hydrogen-bond acceptors (Lipinski definition) is 5. The molecule has 0 aliphatic rings. The normalized spacial score (nSPS) is 11.9. The Kier molecular flexibility index (Phi) is 7.48. The van der Waals surface area contributed by atoms with Crippen LogP contribution < -0.4 is 16.7 Å². The second-order valence-electron chi connectivity index (χ2n) is 8.33. The van der Waals surface area contributed by atoms with Crippen molar-refractivity contribution in [2.45, 2.75) is 26.3 Å². The van der Waals surface area contributed by atoms with Gasteiger partial charge in [-0.25, -0.2) is 9.66 Å². The fraction of sp³-hybridized carbons (Fsp3) is 0.222. The van der Waals surface area contributed by atoms with Crippen LogP contribution in [0.2, 0.25) is 5.02 Å². The van der Waals surface area contributed by atoms with Crippen molar-refractivity contribution in [2.75, 3.05) is 18.5 Å². The van der Waals surface area contributed by atoms with Crippen LogP contribution in [0.5, 0.6) is 0 Å². The number of nitrogens with zero attached hydrogens (tertiary/aromatic N) is 3. The Labute approximate surface area is 209 Å². The molecule has 1 unspecified atom stereocenters. The molecule has 1 atom stereocenters. The zero-order chi connectivity index (χ0) is 24.9. The summed E-state index contributed by atoms with van der Waals surface area (Å²) < 4.78 is 1.42. The van der Waals surface area contributed by atoms with Gasteiger partial charge in [0, 0.05) is 23.7 Å². The minimum absolute atomic E-state index is 0.172. The predicted molar refractivity (Wildman–Crippen MR) is 141 cm³/mol. The van der Waals surface area contributed by atoms with E-state index >= 15 is 0 Å². The van der Waals surface area contributed by atoms with Crippen LogP contribution >= 0.6 is 11.6 Å². The molecule has 0 aliphatic heterocycles. The molecule has 35 heavy (non-hydrogen) atoms. The van der Waals surface area contributed by atoms with E-state index in [4.69, 9.17) is 22.3 Å². The van der Waals surface area contributed by atoms with E-state index in [1.54, 1.807) is 35.2 Å². The molecule has 8 heteroatoms. The molecule has 1 amide bonds. The second-order valence-corrected chi connectivity index (χ2v) is 8.76. The van der Waals surface area contributed by atoms with E-state index in [2.05, 4.69) is 5.43 Å². The number of nitrogens with two attached hydrogens (primary N) is 1. The van der Waals surface area contributed by atoms with Crippen molar-refractivity contribution in [3.8, 4) is 0 Å². The third-order valence-corrected chi connectivity index (χ3v) is 6.10. The maximum Gasteiger partial charge on any atom is 0.280 e. The molecular weight excluding hydrogens is 462 g/mol. The molecule has 1 aromatic heterocycles. The lowest BCUT2D eigenvalue weighted by Gasteiger charge is -2.32. The highest BCUT2D eigenvalue weighted by Gasteiger charge is 2.29. The maximum atomic E-state index is 13.6. The third kappa shape index (κ3) is 5.21. The van der Waals surface area contributed by atoms with Gasteiger partial charge in [-0.05, 0) is 55.8 Å². The average Bonchev–Trinajstić information content (AvgIpc) is 2.86. The Morgan fingerprint density at radius 2 is 1.83 bits per heavy atom. The molecule has 7 nitrogen and oxygen atoms in total. The van der Waals surface area contributed by atoms with Gasteiger partial charge >= 0.3 is 0 Å². The Morgan fingerprint density at radius 1 is 1.11 bits per heavy atom. The number of aromatic nitrogens is 2. The van der Waals surface area contributed by atoms with Gasteiger partial charge in [0.05, 0.1) is 22.6 Å². The van der Waals surface area contributed by atoms with Gasteiger partial charge in [0.15, 0.2) is 5.82 Å². The van der Waals surface area contributed by atoms with Crippen LogP contribution in [0.4, 0.5) is 5.69 Å². The first kappa shape index (κ1) is 24.4. The van der Waals surface area contributed by atoms with Crippen molar-refractivity contribution in [1.82, 2.24) is 14.6 Å². The predicted octanol–water partition coefficient (Wildman–Crippen LogP) is 4.79. The highest BCUT2D eigenvalue weighted by Crippen LogP contribution is 2.26. The fourth-order valence-electron chi connectivity index (χ4n) is 4.09. The number of carbonyl (C=O) groups excluding carboxylic acids is 1. The number of carbonyl (C=O) groups is 1. The van der Waals surface area contributed by atoms with E-state index in [1.807, 2.05) is 56.3 Å². The first-order chi connectivity index (χ1) is 16.9. The van der Waals surface area contributed by atoms with Crippen molar-refractivity contribution in [3.63, 3.8) is 0 Å². The molecule has 3 aromatic carbocycles. The molecule has 4 aromatic rings. The van der Waals surface area contributed by atoms with Crippen LogP contribution in [0.1, 0.15) is 41.1 Å². The van der Waals surface area contributed by atoms with Crippen molar-refractivity contribution in [3.05, 3.63) is 105 Å². The number of rotatable bonds is 8. The second kappa shape index (κ2) is 10.7. The van der Waals surface area contributed by atoms with Crippen LogP contribution in [0.25, 0.3) is 10.9 Å². The number of para-hydroxylation sites is 1. The Hall–Kier alpha value is -3.68.